The minimum atomic E-state index is -0.259. The van der Waals surface area contributed by atoms with E-state index in [1.807, 2.05) is 24.3 Å². The largest absolute Gasteiger partial charge is 0.497 e. The van der Waals surface area contributed by atoms with E-state index in [-0.39, 0.29) is 5.91 Å². The lowest BCUT2D eigenvalue weighted by atomic mass is 10.3. The molecule has 0 fully saturated rings. The van der Waals surface area contributed by atoms with E-state index in [9.17, 15) is 4.79 Å². The van der Waals surface area contributed by atoms with Crippen molar-refractivity contribution in [3.8, 4) is 11.5 Å². The van der Waals surface area contributed by atoms with Crippen LogP contribution in [0.3, 0.4) is 0 Å². The van der Waals surface area contributed by atoms with Crippen LogP contribution in [0.1, 0.15) is 16.3 Å². The molecule has 0 radical (unpaired) electrons. The lowest BCUT2D eigenvalue weighted by molar-refractivity contribution is 0.0931. The molecule has 0 atom stereocenters. The molecule has 0 spiro atoms. The number of carbonyl (C=O) groups is 1. The minimum Gasteiger partial charge on any atom is -0.497 e. The van der Waals surface area contributed by atoms with Gasteiger partial charge in [-0.05, 0) is 31.2 Å². The number of carbonyl (C=O) groups excluding carboxylic acids is 1. The first-order valence-corrected chi connectivity index (χ1v) is 8.26. The maximum Gasteiger partial charge on any atom is 0.270 e. The van der Waals surface area contributed by atoms with Gasteiger partial charge in [-0.3, -0.25) is 4.79 Å². The summed E-state index contributed by atoms with van der Waals surface area (Å²) in [5.41, 5.74) is 0.312. The van der Waals surface area contributed by atoms with E-state index in [0.29, 0.717) is 43.6 Å². The number of ether oxygens (including phenoxy) is 3. The number of nitrogens with zero attached hydrogens (tertiary/aromatic N) is 2. The maximum atomic E-state index is 12.1. The van der Waals surface area contributed by atoms with Gasteiger partial charge >= 0.3 is 0 Å². The van der Waals surface area contributed by atoms with E-state index in [4.69, 9.17) is 14.2 Å². The second-order valence-corrected chi connectivity index (χ2v) is 5.39. The Labute approximate surface area is 152 Å². The number of nitrogens with one attached hydrogen (secondary N) is 2. The van der Waals surface area contributed by atoms with Gasteiger partial charge in [-0.25, -0.2) is 9.97 Å². The van der Waals surface area contributed by atoms with E-state index in [0.717, 1.165) is 11.5 Å². The monoisotopic (exact) mass is 360 g/mol. The highest BCUT2D eigenvalue weighted by Gasteiger charge is 2.10. The molecule has 140 valence electrons. The molecule has 0 saturated heterocycles. The summed E-state index contributed by atoms with van der Waals surface area (Å²) in [7, 11) is 3.20. The number of aromatic nitrogens is 2. The zero-order valence-electron chi connectivity index (χ0n) is 15.2. The summed E-state index contributed by atoms with van der Waals surface area (Å²) in [6.45, 7) is 3.60. The van der Waals surface area contributed by atoms with Crippen LogP contribution in [0.25, 0.3) is 0 Å². The molecule has 2 rings (SSSR count). The molecule has 1 aromatic heterocycles. The van der Waals surface area contributed by atoms with Crippen LogP contribution in [0, 0.1) is 6.92 Å². The van der Waals surface area contributed by atoms with E-state index in [1.165, 1.54) is 0 Å². The molecular weight excluding hydrogens is 336 g/mol. The Bertz CT molecular complexity index is 707. The highest BCUT2D eigenvalue weighted by molar-refractivity contribution is 5.92. The molecule has 1 heterocycles. The third-order valence-electron chi connectivity index (χ3n) is 3.40. The van der Waals surface area contributed by atoms with Crippen molar-refractivity contribution >= 4 is 11.7 Å². The molecule has 1 aromatic carbocycles. The minimum absolute atomic E-state index is 0.259. The third-order valence-corrected chi connectivity index (χ3v) is 3.40. The summed E-state index contributed by atoms with van der Waals surface area (Å²) < 4.78 is 15.7. The highest BCUT2D eigenvalue weighted by Crippen LogP contribution is 2.16. The predicted octanol–water partition coefficient (Wildman–Crippen LogP) is 1.66. The standard InChI is InChI=1S/C18H24N4O4/c1-13-21-16(18(23)20-8-10-24-2)12-17(22-13)19-9-11-26-15-6-4-14(25-3)5-7-15/h4-7,12H,8-11H2,1-3H3,(H,20,23)(H,19,21,22). The molecule has 0 aliphatic rings. The summed E-state index contributed by atoms with van der Waals surface area (Å²) >= 11 is 0. The average Bonchev–Trinajstić information content (AvgIpc) is 2.65. The molecule has 26 heavy (non-hydrogen) atoms. The van der Waals surface area contributed by atoms with Crippen molar-refractivity contribution in [2.45, 2.75) is 6.92 Å². The number of anilines is 1. The van der Waals surface area contributed by atoms with Gasteiger partial charge in [0.15, 0.2) is 0 Å². The van der Waals surface area contributed by atoms with Crippen molar-refractivity contribution in [3.63, 3.8) is 0 Å². The molecule has 0 aliphatic heterocycles. The van der Waals surface area contributed by atoms with Crippen molar-refractivity contribution in [2.75, 3.05) is 45.8 Å². The summed E-state index contributed by atoms with van der Waals surface area (Å²) in [4.78, 5) is 20.5. The quantitative estimate of drug-likeness (QED) is 0.622. The van der Waals surface area contributed by atoms with Crippen LogP contribution in [-0.4, -0.2) is 56.4 Å². The summed E-state index contributed by atoms with van der Waals surface area (Å²) in [6.07, 6.45) is 0. The number of hydrogen-bond donors (Lipinski definition) is 2. The lowest BCUT2D eigenvalue weighted by Crippen LogP contribution is -2.28. The number of hydrogen-bond acceptors (Lipinski definition) is 7. The van der Waals surface area contributed by atoms with E-state index in [2.05, 4.69) is 20.6 Å². The zero-order chi connectivity index (χ0) is 18.8. The SMILES string of the molecule is COCCNC(=O)c1cc(NCCOc2ccc(OC)cc2)nc(C)n1. The van der Waals surface area contributed by atoms with Gasteiger partial charge < -0.3 is 24.8 Å². The van der Waals surface area contributed by atoms with Crippen LogP contribution < -0.4 is 20.1 Å². The lowest BCUT2D eigenvalue weighted by Gasteiger charge is -2.10. The molecule has 8 nitrogen and oxygen atoms in total. The Balaban J connectivity index is 1.83. The van der Waals surface area contributed by atoms with Crippen LogP contribution in [0.4, 0.5) is 5.82 Å². The van der Waals surface area contributed by atoms with E-state index >= 15 is 0 Å². The summed E-state index contributed by atoms with van der Waals surface area (Å²) in [5.74, 6) is 2.37. The average molecular weight is 360 g/mol. The molecule has 1 amide bonds. The van der Waals surface area contributed by atoms with Gasteiger partial charge in [0.1, 0.15) is 35.4 Å². The first-order valence-electron chi connectivity index (χ1n) is 8.26. The Morgan fingerprint density at radius 2 is 1.77 bits per heavy atom. The number of methoxy groups -OCH3 is 2. The van der Waals surface area contributed by atoms with E-state index < -0.39 is 0 Å². The second-order valence-electron chi connectivity index (χ2n) is 5.39. The molecule has 2 aromatic rings. The number of aryl methyl sites for hydroxylation is 1. The molecule has 0 bridgehead atoms. The maximum absolute atomic E-state index is 12.1. The molecule has 0 unspecified atom stereocenters. The Hall–Kier alpha value is -2.87. The highest BCUT2D eigenvalue weighted by atomic mass is 16.5. The smallest absolute Gasteiger partial charge is 0.270 e. The van der Waals surface area contributed by atoms with Gasteiger partial charge in [-0.1, -0.05) is 0 Å². The fraction of sp³-hybridized carbons (Fsp3) is 0.389. The van der Waals surface area contributed by atoms with Crippen LogP contribution >= 0.6 is 0 Å². The van der Waals surface area contributed by atoms with Crippen molar-refractivity contribution in [2.24, 2.45) is 0 Å². The van der Waals surface area contributed by atoms with Gasteiger partial charge in [-0.15, -0.1) is 0 Å². The zero-order valence-corrected chi connectivity index (χ0v) is 15.2. The Morgan fingerprint density at radius 1 is 1.04 bits per heavy atom. The first kappa shape index (κ1) is 19.5. The molecular formula is C18H24N4O4. The van der Waals surface area contributed by atoms with Crippen LogP contribution in [0.15, 0.2) is 30.3 Å². The Kier molecular flexibility index (Phi) is 7.63. The summed E-state index contributed by atoms with van der Waals surface area (Å²) in [6, 6.07) is 8.98. The molecule has 8 heteroatoms. The van der Waals surface area contributed by atoms with Gasteiger partial charge in [-0.2, -0.15) is 0 Å². The fourth-order valence-corrected chi connectivity index (χ4v) is 2.15. The van der Waals surface area contributed by atoms with Crippen molar-refractivity contribution in [3.05, 3.63) is 41.9 Å². The van der Waals surface area contributed by atoms with Crippen molar-refractivity contribution in [1.29, 1.82) is 0 Å². The normalized spacial score (nSPS) is 10.3. The van der Waals surface area contributed by atoms with Gasteiger partial charge in [0, 0.05) is 19.7 Å². The second kappa shape index (κ2) is 10.2. The molecule has 0 aliphatic carbocycles. The van der Waals surface area contributed by atoms with Crippen LogP contribution in [0.2, 0.25) is 0 Å². The van der Waals surface area contributed by atoms with Crippen LogP contribution in [0.5, 0.6) is 11.5 Å². The van der Waals surface area contributed by atoms with Gasteiger partial charge in [0.05, 0.1) is 20.3 Å². The number of amides is 1. The predicted molar refractivity (Wildman–Crippen MR) is 98.0 cm³/mol. The van der Waals surface area contributed by atoms with Crippen molar-refractivity contribution < 1.29 is 19.0 Å². The number of rotatable bonds is 10. The van der Waals surface area contributed by atoms with Crippen molar-refractivity contribution in [1.82, 2.24) is 15.3 Å². The van der Waals surface area contributed by atoms with Gasteiger partial charge in [0.2, 0.25) is 0 Å². The number of benzene rings is 1. The summed E-state index contributed by atoms with van der Waals surface area (Å²) in [5, 5.41) is 5.87. The third kappa shape index (κ3) is 6.21. The Morgan fingerprint density at radius 3 is 2.46 bits per heavy atom. The van der Waals surface area contributed by atoms with Gasteiger partial charge in [0.25, 0.3) is 5.91 Å². The van der Waals surface area contributed by atoms with Crippen LogP contribution in [-0.2, 0) is 4.74 Å². The first-order chi connectivity index (χ1) is 12.6. The fourth-order valence-electron chi connectivity index (χ4n) is 2.15. The topological polar surface area (TPSA) is 94.6 Å². The van der Waals surface area contributed by atoms with E-state index in [1.54, 1.807) is 27.2 Å². The molecule has 0 saturated carbocycles. The molecule has 2 N–H and O–H groups in total.